The van der Waals surface area contributed by atoms with Crippen LogP contribution < -0.4 is 20.7 Å². The van der Waals surface area contributed by atoms with Crippen molar-refractivity contribution in [1.29, 1.82) is 0 Å². The Morgan fingerprint density at radius 3 is 2.63 bits per heavy atom. The number of hydrazine groups is 1. The lowest BCUT2D eigenvalue weighted by atomic mass is 10.5. The molecule has 0 saturated heterocycles. The van der Waals surface area contributed by atoms with Crippen molar-refractivity contribution in [2.24, 2.45) is 12.9 Å². The van der Waals surface area contributed by atoms with Gasteiger partial charge in [0, 0.05) is 13.1 Å². The predicted octanol–water partition coefficient (Wildman–Crippen LogP) is 0.390. The first kappa shape index (κ1) is 13.0. The molecule has 0 fully saturated rings. The molecule has 102 valence electrons. The average molecular weight is 265 g/mol. The molecule has 0 amide bonds. The van der Waals surface area contributed by atoms with Gasteiger partial charge < -0.3 is 9.47 Å². The van der Waals surface area contributed by atoms with Crippen molar-refractivity contribution in [1.82, 2.24) is 24.7 Å². The van der Waals surface area contributed by atoms with Crippen LogP contribution in [0.5, 0.6) is 17.9 Å². The van der Waals surface area contributed by atoms with Crippen LogP contribution in [0.2, 0.25) is 0 Å². The predicted molar refractivity (Wildman–Crippen MR) is 66.8 cm³/mol. The summed E-state index contributed by atoms with van der Waals surface area (Å²) in [4.78, 5) is 11.9. The summed E-state index contributed by atoms with van der Waals surface area (Å²) >= 11 is 0. The van der Waals surface area contributed by atoms with Crippen molar-refractivity contribution < 1.29 is 9.47 Å². The van der Waals surface area contributed by atoms with Gasteiger partial charge in [0.05, 0.1) is 12.3 Å². The highest BCUT2D eigenvalue weighted by Gasteiger charge is 2.11. The minimum Gasteiger partial charge on any atom is -0.464 e. The minimum absolute atomic E-state index is 0.0781. The first-order chi connectivity index (χ1) is 9.12. The Morgan fingerprint density at radius 1 is 1.32 bits per heavy atom. The van der Waals surface area contributed by atoms with Crippen LogP contribution in [0.4, 0.5) is 5.95 Å². The third-order valence-electron chi connectivity index (χ3n) is 2.15. The Hall–Kier alpha value is -2.42. The number of hydrogen-bond acceptors (Lipinski definition) is 8. The minimum atomic E-state index is 0.0781. The Balaban J connectivity index is 2.28. The molecule has 0 aliphatic rings. The van der Waals surface area contributed by atoms with E-state index in [2.05, 4.69) is 25.5 Å². The molecule has 0 spiro atoms. The Bertz CT molecular complexity index is 569. The van der Waals surface area contributed by atoms with Gasteiger partial charge in [-0.2, -0.15) is 15.1 Å². The van der Waals surface area contributed by atoms with E-state index in [0.717, 1.165) is 5.69 Å². The zero-order valence-electron chi connectivity index (χ0n) is 10.9. The van der Waals surface area contributed by atoms with Crippen molar-refractivity contribution in [2.45, 2.75) is 13.8 Å². The van der Waals surface area contributed by atoms with Crippen LogP contribution >= 0.6 is 0 Å². The first-order valence-corrected chi connectivity index (χ1v) is 5.66. The maximum absolute atomic E-state index is 5.52. The van der Waals surface area contributed by atoms with Crippen molar-refractivity contribution >= 4 is 5.95 Å². The van der Waals surface area contributed by atoms with Gasteiger partial charge in [0.15, 0.2) is 0 Å². The van der Waals surface area contributed by atoms with Crippen LogP contribution in [0.15, 0.2) is 6.07 Å². The highest BCUT2D eigenvalue weighted by atomic mass is 16.5. The molecule has 19 heavy (non-hydrogen) atoms. The Morgan fingerprint density at radius 2 is 2.05 bits per heavy atom. The molecule has 2 aromatic rings. The third-order valence-corrected chi connectivity index (χ3v) is 2.15. The van der Waals surface area contributed by atoms with Crippen LogP contribution in [0.3, 0.4) is 0 Å². The number of nitrogens with zero attached hydrogens (tertiary/aromatic N) is 5. The lowest BCUT2D eigenvalue weighted by Gasteiger charge is -2.07. The number of aryl methyl sites for hydroxylation is 2. The molecular formula is C10H15N7O2. The first-order valence-electron chi connectivity index (χ1n) is 5.66. The fourth-order valence-electron chi connectivity index (χ4n) is 1.42. The van der Waals surface area contributed by atoms with Gasteiger partial charge in [-0.25, -0.2) is 10.5 Å². The number of aromatic nitrogens is 5. The number of ether oxygens (including phenoxy) is 2. The number of hydrogen-bond donors (Lipinski definition) is 2. The zero-order valence-corrected chi connectivity index (χ0v) is 10.9. The maximum atomic E-state index is 5.52. The quantitative estimate of drug-likeness (QED) is 0.589. The molecule has 0 bridgehead atoms. The van der Waals surface area contributed by atoms with Crippen LogP contribution in [0.25, 0.3) is 0 Å². The fourth-order valence-corrected chi connectivity index (χ4v) is 1.42. The van der Waals surface area contributed by atoms with Crippen LogP contribution in [-0.2, 0) is 7.05 Å². The third kappa shape index (κ3) is 3.07. The number of rotatable bonds is 5. The topological polar surface area (TPSA) is 113 Å². The lowest BCUT2D eigenvalue weighted by molar-refractivity contribution is 0.301. The summed E-state index contributed by atoms with van der Waals surface area (Å²) in [6.07, 6.45) is 0. The second-order valence-corrected chi connectivity index (χ2v) is 3.65. The van der Waals surface area contributed by atoms with Gasteiger partial charge in [0.2, 0.25) is 11.8 Å². The fraction of sp³-hybridized carbons (Fsp3) is 0.400. The monoisotopic (exact) mass is 265 g/mol. The second kappa shape index (κ2) is 5.48. The van der Waals surface area contributed by atoms with Crippen molar-refractivity contribution in [2.75, 3.05) is 12.0 Å². The summed E-state index contributed by atoms with van der Waals surface area (Å²) in [6, 6.07) is 1.98. The molecule has 0 radical (unpaired) electrons. The largest absolute Gasteiger partial charge is 0.464 e. The van der Waals surface area contributed by atoms with E-state index in [1.807, 2.05) is 13.8 Å². The summed E-state index contributed by atoms with van der Waals surface area (Å²) in [5, 5.41) is 4.16. The molecule has 0 saturated carbocycles. The van der Waals surface area contributed by atoms with E-state index >= 15 is 0 Å². The Kier molecular flexibility index (Phi) is 3.76. The molecule has 0 atom stereocenters. The molecular weight excluding hydrogens is 250 g/mol. The van der Waals surface area contributed by atoms with E-state index in [0.29, 0.717) is 12.5 Å². The molecule has 0 aliphatic heterocycles. The normalized spacial score (nSPS) is 10.3. The smallest absolute Gasteiger partial charge is 0.331 e. The SMILES string of the molecule is CCOc1nc(NN)nc(Oc2cc(C)nn2C)n1. The molecule has 0 aliphatic carbocycles. The van der Waals surface area contributed by atoms with Crippen LogP contribution in [0, 0.1) is 6.92 Å². The highest BCUT2D eigenvalue weighted by Crippen LogP contribution is 2.20. The molecule has 0 unspecified atom stereocenters. The molecule has 0 aromatic carbocycles. The molecule has 9 nitrogen and oxygen atoms in total. The van der Waals surface area contributed by atoms with Crippen LogP contribution in [0.1, 0.15) is 12.6 Å². The average Bonchev–Trinajstić information content (AvgIpc) is 2.68. The number of anilines is 1. The standard InChI is InChI=1S/C10H15N7O2/c1-4-18-9-12-8(15-11)13-10(14-9)19-7-5-6(2)16-17(7)3/h5H,4,11H2,1-3H3,(H,12,13,14,15). The number of nitrogens with two attached hydrogens (primary N) is 1. The van der Waals surface area contributed by atoms with Crippen LogP contribution in [-0.4, -0.2) is 31.3 Å². The van der Waals surface area contributed by atoms with Gasteiger partial charge in [-0.1, -0.05) is 0 Å². The van der Waals surface area contributed by atoms with Gasteiger partial charge in [0.1, 0.15) is 0 Å². The summed E-state index contributed by atoms with van der Waals surface area (Å²) in [6.45, 7) is 4.11. The van der Waals surface area contributed by atoms with Crippen molar-refractivity contribution in [3.8, 4) is 17.9 Å². The van der Waals surface area contributed by atoms with Gasteiger partial charge in [-0.15, -0.1) is 4.98 Å². The van der Waals surface area contributed by atoms with E-state index in [1.165, 1.54) is 0 Å². The number of nitrogens with one attached hydrogen (secondary N) is 1. The molecule has 2 aromatic heterocycles. The highest BCUT2D eigenvalue weighted by molar-refractivity contribution is 5.27. The van der Waals surface area contributed by atoms with Gasteiger partial charge in [-0.05, 0) is 13.8 Å². The lowest BCUT2D eigenvalue weighted by Crippen LogP contribution is -2.13. The molecule has 2 rings (SSSR count). The summed E-state index contributed by atoms with van der Waals surface area (Å²) in [5.41, 5.74) is 3.15. The summed E-state index contributed by atoms with van der Waals surface area (Å²) in [7, 11) is 1.76. The summed E-state index contributed by atoms with van der Waals surface area (Å²) in [5.74, 6) is 5.95. The Labute approximate surface area is 109 Å². The van der Waals surface area contributed by atoms with E-state index in [1.54, 1.807) is 17.8 Å². The zero-order chi connectivity index (χ0) is 13.8. The molecule has 9 heteroatoms. The van der Waals surface area contributed by atoms with Crippen molar-refractivity contribution in [3.63, 3.8) is 0 Å². The second-order valence-electron chi connectivity index (χ2n) is 3.65. The van der Waals surface area contributed by atoms with E-state index in [9.17, 15) is 0 Å². The van der Waals surface area contributed by atoms with Gasteiger partial charge in [-0.3, -0.25) is 5.43 Å². The van der Waals surface area contributed by atoms with Gasteiger partial charge in [0.25, 0.3) is 0 Å². The van der Waals surface area contributed by atoms with Gasteiger partial charge >= 0.3 is 12.0 Å². The maximum Gasteiger partial charge on any atom is 0.331 e. The summed E-state index contributed by atoms with van der Waals surface area (Å²) < 4.78 is 12.3. The van der Waals surface area contributed by atoms with E-state index in [4.69, 9.17) is 15.3 Å². The van der Waals surface area contributed by atoms with E-state index in [-0.39, 0.29) is 18.0 Å². The molecule has 3 N–H and O–H groups in total. The number of nitrogen functional groups attached to an aromatic ring is 1. The molecule has 2 heterocycles. The van der Waals surface area contributed by atoms with E-state index < -0.39 is 0 Å². The van der Waals surface area contributed by atoms with Crippen molar-refractivity contribution in [3.05, 3.63) is 11.8 Å².